The highest BCUT2D eigenvalue weighted by Gasteiger charge is 2.24. The molecule has 12 aromatic rings. The summed E-state index contributed by atoms with van der Waals surface area (Å²) >= 11 is 0. The Kier molecular flexibility index (Phi) is 3.05. The van der Waals surface area contributed by atoms with Crippen molar-refractivity contribution in [3.63, 3.8) is 0 Å². The van der Waals surface area contributed by atoms with Crippen LogP contribution in [-0.2, 0) is 0 Å². The largest absolute Gasteiger partial charge is 0.455 e. The van der Waals surface area contributed by atoms with Gasteiger partial charge in [0.05, 0.1) is 49.3 Å². The summed E-state index contributed by atoms with van der Waals surface area (Å²) in [5.74, 6) is 0. The molecular weight excluding hydrogens is 713 g/mol. The molecule has 0 aliphatic rings. The molecule has 1 nitrogen and oxygen atoms in total. The molecule has 0 radical (unpaired) electrons. The standard InChI is InChI=1S/C58H36O/c1-3-18-37(19-4-1)39-22-15-23-40(36-39)53-42-24-7-11-28-46(42)55(47-29-12-8-25-43(47)53)56-48-30-13-9-26-44(48)54(45-27-10-14-31-49(45)56)52-35-17-34-51-50-33-16-32-41(57(50)59-58(51)52)38-20-5-2-6-21-38/h1-36H/i1D,2D,3D,4D,5D,6D,7D,8D,9D,10D,11D,12D,13D,14D,15D,16D,17D,18D,19D,20D,21D,22D,23D,24D,25D,26D,27D,28D,29D,30D,31D,32D,33D,34D,35D,36D. The molecule has 0 aliphatic carbocycles. The Morgan fingerprint density at radius 1 is 0.237 bits per heavy atom. The summed E-state index contributed by atoms with van der Waals surface area (Å²) in [5.41, 5.74) is -10.5. The molecule has 0 bridgehead atoms. The lowest BCUT2D eigenvalue weighted by Crippen LogP contribution is -1.95. The first-order valence-corrected chi connectivity index (χ1v) is 17.4. The van der Waals surface area contributed by atoms with Gasteiger partial charge in [0, 0.05) is 27.5 Å². The van der Waals surface area contributed by atoms with Crippen LogP contribution in [0.25, 0.3) is 121 Å². The van der Waals surface area contributed by atoms with Crippen LogP contribution in [0.4, 0.5) is 0 Å². The first-order valence-electron chi connectivity index (χ1n) is 35.4. The van der Waals surface area contributed by atoms with Crippen LogP contribution in [0, 0.1) is 0 Å². The normalized spacial score (nSPS) is 20.3. The van der Waals surface area contributed by atoms with Gasteiger partial charge in [-0.2, -0.15) is 0 Å². The third-order valence-electron chi connectivity index (χ3n) is 9.74. The van der Waals surface area contributed by atoms with E-state index < -0.39 is 338 Å². The van der Waals surface area contributed by atoms with Crippen molar-refractivity contribution in [2.75, 3.05) is 0 Å². The van der Waals surface area contributed by atoms with E-state index in [1.54, 1.807) is 0 Å². The number of hydrogen-bond donors (Lipinski definition) is 0. The molecule has 0 saturated heterocycles. The molecule has 0 spiro atoms. The summed E-state index contributed by atoms with van der Waals surface area (Å²) < 4.78 is 338. The molecule has 1 aromatic heterocycles. The molecule has 0 aliphatic heterocycles. The fourth-order valence-corrected chi connectivity index (χ4v) is 7.39. The molecule has 59 heavy (non-hydrogen) atoms. The van der Waals surface area contributed by atoms with Crippen molar-refractivity contribution in [2.24, 2.45) is 0 Å². The van der Waals surface area contributed by atoms with Gasteiger partial charge in [0.2, 0.25) is 0 Å². The van der Waals surface area contributed by atoms with Gasteiger partial charge >= 0.3 is 0 Å². The predicted molar refractivity (Wildman–Crippen MR) is 251 cm³/mol. The van der Waals surface area contributed by atoms with Gasteiger partial charge in [0.25, 0.3) is 0 Å². The zero-order chi connectivity index (χ0) is 70.2. The third kappa shape index (κ3) is 5.18. The fourth-order valence-electron chi connectivity index (χ4n) is 7.39. The second-order valence-electron chi connectivity index (χ2n) is 12.8. The molecule has 0 amide bonds. The Labute approximate surface area is 392 Å². The van der Waals surface area contributed by atoms with E-state index in [2.05, 4.69) is 0 Å². The van der Waals surface area contributed by atoms with Gasteiger partial charge in [-0.1, -0.05) is 211 Å². The van der Waals surface area contributed by atoms with Crippen LogP contribution in [0.2, 0.25) is 0 Å². The Hall–Kier alpha value is -7.74. The van der Waals surface area contributed by atoms with E-state index in [1.165, 1.54) is 0 Å². The average molecular weight is 785 g/mol. The highest BCUT2D eigenvalue weighted by molar-refractivity contribution is 6.31. The van der Waals surface area contributed by atoms with Gasteiger partial charge in [-0.15, -0.1) is 0 Å². The summed E-state index contributed by atoms with van der Waals surface area (Å²) in [6.07, 6.45) is 0. The van der Waals surface area contributed by atoms with Gasteiger partial charge < -0.3 is 4.42 Å². The van der Waals surface area contributed by atoms with Crippen molar-refractivity contribution >= 4 is 65.0 Å². The summed E-state index contributed by atoms with van der Waals surface area (Å²) in [5, 5.41) is -8.83. The first-order chi connectivity index (χ1) is 44.3. The summed E-state index contributed by atoms with van der Waals surface area (Å²) in [7, 11) is 0. The minimum Gasteiger partial charge on any atom is -0.455 e. The average Bonchev–Trinajstić information content (AvgIpc) is 1.61. The number of benzene rings is 11. The zero-order valence-electron chi connectivity index (χ0n) is 65.4. The van der Waals surface area contributed by atoms with Gasteiger partial charge in [0.15, 0.2) is 0 Å². The van der Waals surface area contributed by atoms with Crippen LogP contribution >= 0.6 is 0 Å². The lowest BCUT2D eigenvalue weighted by molar-refractivity contribution is 0.671. The topological polar surface area (TPSA) is 13.1 Å². The first kappa shape index (κ1) is 13.4. The lowest BCUT2D eigenvalue weighted by Gasteiger charge is -2.22. The van der Waals surface area contributed by atoms with Crippen LogP contribution in [0.5, 0.6) is 0 Å². The number of rotatable bonds is 5. The smallest absolute Gasteiger partial charge is 0.143 e. The minimum atomic E-state index is -1.18. The van der Waals surface area contributed by atoms with E-state index in [-0.39, 0.29) is 0 Å². The van der Waals surface area contributed by atoms with Crippen LogP contribution in [0.1, 0.15) is 49.3 Å². The third-order valence-corrected chi connectivity index (χ3v) is 9.74. The molecule has 1 heteroatoms. The van der Waals surface area contributed by atoms with Gasteiger partial charge in [-0.3, -0.25) is 0 Å². The van der Waals surface area contributed by atoms with Crippen LogP contribution in [-0.4, -0.2) is 0 Å². The monoisotopic (exact) mass is 785 g/mol. The summed E-state index contributed by atoms with van der Waals surface area (Å²) in [6, 6.07) is -38.9. The van der Waals surface area contributed by atoms with E-state index in [0.29, 0.717) is 0 Å². The molecular formula is C58H36O. The van der Waals surface area contributed by atoms with Crippen molar-refractivity contribution in [2.45, 2.75) is 0 Å². The van der Waals surface area contributed by atoms with E-state index in [4.69, 9.17) is 26.3 Å². The van der Waals surface area contributed by atoms with Crippen molar-refractivity contribution in [1.82, 2.24) is 0 Å². The Bertz CT molecular complexity index is 5510. The molecule has 12 rings (SSSR count). The lowest BCUT2D eigenvalue weighted by atomic mass is 9.81. The molecule has 0 N–H and O–H groups in total. The highest BCUT2D eigenvalue weighted by Crippen LogP contribution is 2.51. The molecule has 0 saturated carbocycles. The maximum Gasteiger partial charge on any atom is 0.143 e. The fraction of sp³-hybridized carbons (Fsp3) is 0. The van der Waals surface area contributed by atoms with E-state index in [0.717, 1.165) is 0 Å². The highest BCUT2D eigenvalue weighted by atomic mass is 16.3. The molecule has 11 aromatic carbocycles. The number of furan rings is 1. The van der Waals surface area contributed by atoms with E-state index in [1.807, 2.05) is 0 Å². The Balaban J connectivity index is 1.42. The Morgan fingerprint density at radius 2 is 0.576 bits per heavy atom. The quantitative estimate of drug-likeness (QED) is 0.158. The van der Waals surface area contributed by atoms with Crippen molar-refractivity contribution in [3.05, 3.63) is 218 Å². The minimum absolute atomic E-state index is 0.653. The second-order valence-corrected chi connectivity index (χ2v) is 12.8. The van der Waals surface area contributed by atoms with Crippen molar-refractivity contribution in [3.8, 4) is 55.6 Å². The van der Waals surface area contributed by atoms with Crippen LogP contribution < -0.4 is 0 Å². The SMILES string of the molecule is [2H]c1c([2H])c([2H])c(-c2c([2H])c([2H])c([2H])c(-c3c4c([2H])c([2H])c([2H])c([2H])c4c(-c4c5c([2H])c([2H])c([2H])c([2H])c5c(-c5c([2H])c([2H])c([2H])c6c5oc5c(-c7c([2H])c([2H])c([2H])c([2H])c7[2H])c([2H])c([2H])c([2H])c56)c5c([2H])c([2H])c([2H])c([2H])c45)c4c([2H])c([2H])c([2H])c([2H])c34)c2[2H])c([2H])c1[2H]. The molecule has 0 atom stereocenters. The molecule has 1 heterocycles. The van der Waals surface area contributed by atoms with E-state index >= 15 is 0 Å². The maximum absolute atomic E-state index is 9.94. The van der Waals surface area contributed by atoms with Crippen molar-refractivity contribution < 1.29 is 53.8 Å². The predicted octanol–water partition coefficient (Wildman–Crippen LogP) is 16.5. The Morgan fingerprint density at radius 3 is 1.08 bits per heavy atom. The number of para-hydroxylation sites is 2. The zero-order valence-corrected chi connectivity index (χ0v) is 29.4. The van der Waals surface area contributed by atoms with Crippen molar-refractivity contribution in [1.29, 1.82) is 0 Å². The van der Waals surface area contributed by atoms with Gasteiger partial charge in [-0.05, 0) is 88.1 Å². The summed E-state index contributed by atoms with van der Waals surface area (Å²) in [6.45, 7) is 0. The van der Waals surface area contributed by atoms with Crippen LogP contribution in [0.3, 0.4) is 0 Å². The van der Waals surface area contributed by atoms with E-state index in [9.17, 15) is 27.4 Å². The van der Waals surface area contributed by atoms with Gasteiger partial charge in [-0.25, -0.2) is 0 Å². The second kappa shape index (κ2) is 13.4. The molecule has 274 valence electrons. The summed E-state index contributed by atoms with van der Waals surface area (Å²) in [4.78, 5) is 0. The molecule has 0 unspecified atom stereocenters. The number of fused-ring (bicyclic) bond motifs is 7. The number of hydrogen-bond acceptors (Lipinski definition) is 1. The van der Waals surface area contributed by atoms with Gasteiger partial charge in [0.1, 0.15) is 11.2 Å². The maximum atomic E-state index is 9.94. The molecule has 0 fully saturated rings. The van der Waals surface area contributed by atoms with Crippen LogP contribution in [0.15, 0.2) is 222 Å².